The van der Waals surface area contributed by atoms with Crippen molar-refractivity contribution < 1.29 is 4.79 Å². The average Bonchev–Trinajstić information content (AvgIpc) is 2.68. The number of aromatic nitrogens is 3. The van der Waals surface area contributed by atoms with E-state index in [1.165, 1.54) is 6.33 Å². The van der Waals surface area contributed by atoms with E-state index in [-0.39, 0.29) is 5.69 Å². The van der Waals surface area contributed by atoms with Gasteiger partial charge in [0.2, 0.25) is 0 Å². The van der Waals surface area contributed by atoms with E-state index in [0.717, 1.165) is 5.69 Å². The topological polar surface area (TPSA) is 73.8 Å². The summed E-state index contributed by atoms with van der Waals surface area (Å²) in [5.74, 6) is -0.535. The normalized spacial score (nSPS) is 10.0. The number of hydrogen-bond donors (Lipinski definition) is 1. The van der Waals surface area contributed by atoms with E-state index < -0.39 is 5.91 Å². The van der Waals surface area contributed by atoms with Gasteiger partial charge in [0, 0.05) is 12.4 Å². The van der Waals surface area contributed by atoms with Crippen LogP contribution in [0.2, 0.25) is 0 Å². The first-order valence-corrected chi connectivity index (χ1v) is 4.01. The second kappa shape index (κ2) is 3.29. The number of nitrogens with zero attached hydrogens (tertiary/aromatic N) is 3. The molecule has 2 aromatic rings. The molecule has 0 bridgehead atoms. The van der Waals surface area contributed by atoms with Crippen LogP contribution in [-0.4, -0.2) is 20.4 Å². The summed E-state index contributed by atoms with van der Waals surface area (Å²) in [5.41, 5.74) is 6.16. The van der Waals surface area contributed by atoms with Gasteiger partial charge in [-0.05, 0) is 12.1 Å². The minimum Gasteiger partial charge on any atom is -0.364 e. The Morgan fingerprint density at radius 1 is 1.50 bits per heavy atom. The fourth-order valence-corrected chi connectivity index (χ4v) is 1.10. The van der Waals surface area contributed by atoms with E-state index in [0.29, 0.717) is 0 Å². The third kappa shape index (κ3) is 1.47. The second-order valence-corrected chi connectivity index (χ2v) is 2.74. The molecule has 0 fully saturated rings. The van der Waals surface area contributed by atoms with E-state index in [1.807, 2.05) is 6.07 Å². The van der Waals surface area contributed by atoms with E-state index in [1.54, 1.807) is 29.2 Å². The standard InChI is InChI=1S/C9H8N4O/c10-9(14)8-5-13(6-12-8)7-2-1-3-11-4-7/h1-6H,(H2,10,14). The molecule has 2 heterocycles. The van der Waals surface area contributed by atoms with Crippen LogP contribution in [0.3, 0.4) is 0 Å². The number of carbonyl (C=O) groups excluding carboxylic acids is 1. The molecule has 0 unspecified atom stereocenters. The maximum Gasteiger partial charge on any atom is 0.268 e. The fraction of sp³-hybridized carbons (Fsp3) is 0. The van der Waals surface area contributed by atoms with Crippen LogP contribution in [0, 0.1) is 0 Å². The van der Waals surface area contributed by atoms with Crippen molar-refractivity contribution in [1.29, 1.82) is 0 Å². The zero-order valence-electron chi connectivity index (χ0n) is 7.29. The van der Waals surface area contributed by atoms with E-state index in [9.17, 15) is 4.79 Å². The summed E-state index contributed by atoms with van der Waals surface area (Å²) >= 11 is 0. The summed E-state index contributed by atoms with van der Waals surface area (Å²) in [7, 11) is 0. The van der Waals surface area contributed by atoms with Gasteiger partial charge in [-0.2, -0.15) is 0 Å². The number of nitrogens with two attached hydrogens (primary N) is 1. The minimum absolute atomic E-state index is 0.244. The van der Waals surface area contributed by atoms with Crippen LogP contribution in [0.1, 0.15) is 10.5 Å². The molecule has 0 spiro atoms. The van der Waals surface area contributed by atoms with Gasteiger partial charge in [-0.1, -0.05) is 0 Å². The molecule has 0 aromatic carbocycles. The lowest BCUT2D eigenvalue weighted by Gasteiger charge is -1.98. The Balaban J connectivity index is 2.39. The van der Waals surface area contributed by atoms with Gasteiger partial charge in [0.15, 0.2) is 0 Å². The Kier molecular flexibility index (Phi) is 1.98. The van der Waals surface area contributed by atoms with Crippen molar-refractivity contribution >= 4 is 5.91 Å². The summed E-state index contributed by atoms with van der Waals surface area (Å²) in [6, 6.07) is 3.67. The predicted octanol–water partition coefficient (Wildman–Crippen LogP) is 0.366. The molecule has 2 N–H and O–H groups in total. The lowest BCUT2D eigenvalue weighted by Crippen LogP contribution is -2.11. The largest absolute Gasteiger partial charge is 0.364 e. The monoisotopic (exact) mass is 188 g/mol. The van der Waals surface area contributed by atoms with Gasteiger partial charge >= 0.3 is 0 Å². The first-order valence-electron chi connectivity index (χ1n) is 4.01. The number of amides is 1. The number of rotatable bonds is 2. The lowest BCUT2D eigenvalue weighted by molar-refractivity contribution is 0.0996. The molecule has 0 atom stereocenters. The summed E-state index contributed by atoms with van der Waals surface area (Å²) < 4.78 is 1.69. The van der Waals surface area contributed by atoms with Crippen LogP contribution in [0.4, 0.5) is 0 Å². The number of hydrogen-bond acceptors (Lipinski definition) is 3. The zero-order chi connectivity index (χ0) is 9.97. The Morgan fingerprint density at radius 2 is 2.36 bits per heavy atom. The SMILES string of the molecule is NC(=O)c1cn(-c2cccnc2)cn1. The summed E-state index contributed by atoms with van der Waals surface area (Å²) in [6.07, 6.45) is 6.44. The highest BCUT2D eigenvalue weighted by atomic mass is 16.1. The molecule has 5 nitrogen and oxygen atoms in total. The Labute approximate surface area is 80.2 Å². The molecule has 0 radical (unpaired) electrons. The van der Waals surface area contributed by atoms with Crippen molar-refractivity contribution in [2.75, 3.05) is 0 Å². The number of imidazole rings is 1. The van der Waals surface area contributed by atoms with E-state index in [4.69, 9.17) is 5.73 Å². The van der Waals surface area contributed by atoms with Gasteiger partial charge in [0.05, 0.1) is 11.9 Å². The predicted molar refractivity (Wildman–Crippen MR) is 49.9 cm³/mol. The van der Waals surface area contributed by atoms with Crippen LogP contribution in [0.5, 0.6) is 0 Å². The molecule has 14 heavy (non-hydrogen) atoms. The molecular formula is C9H8N4O. The highest BCUT2D eigenvalue weighted by molar-refractivity contribution is 5.90. The molecular weight excluding hydrogens is 180 g/mol. The second-order valence-electron chi connectivity index (χ2n) is 2.74. The number of pyridine rings is 1. The van der Waals surface area contributed by atoms with Crippen molar-refractivity contribution in [2.45, 2.75) is 0 Å². The van der Waals surface area contributed by atoms with Crippen LogP contribution >= 0.6 is 0 Å². The van der Waals surface area contributed by atoms with Crippen LogP contribution in [-0.2, 0) is 0 Å². The average molecular weight is 188 g/mol. The Hall–Kier alpha value is -2.17. The van der Waals surface area contributed by atoms with Crippen LogP contribution in [0.25, 0.3) is 5.69 Å². The molecule has 0 saturated heterocycles. The van der Waals surface area contributed by atoms with Gasteiger partial charge < -0.3 is 10.3 Å². The quantitative estimate of drug-likeness (QED) is 0.739. The third-order valence-electron chi connectivity index (χ3n) is 1.78. The minimum atomic E-state index is -0.535. The van der Waals surface area contributed by atoms with Crippen molar-refractivity contribution in [1.82, 2.24) is 14.5 Å². The summed E-state index contributed by atoms with van der Waals surface area (Å²) in [6.45, 7) is 0. The molecule has 5 heteroatoms. The highest BCUT2D eigenvalue weighted by Crippen LogP contribution is 2.05. The molecule has 2 rings (SSSR count). The van der Waals surface area contributed by atoms with Gasteiger partial charge in [-0.25, -0.2) is 4.98 Å². The van der Waals surface area contributed by atoms with Crippen molar-refractivity contribution in [3.63, 3.8) is 0 Å². The Morgan fingerprint density at radius 3 is 2.93 bits per heavy atom. The molecule has 1 amide bonds. The summed E-state index contributed by atoms with van der Waals surface area (Å²) in [4.78, 5) is 18.6. The van der Waals surface area contributed by atoms with Crippen molar-refractivity contribution in [3.8, 4) is 5.69 Å². The van der Waals surface area contributed by atoms with Crippen LogP contribution < -0.4 is 5.73 Å². The molecule has 0 aliphatic rings. The molecule has 0 aliphatic carbocycles. The van der Waals surface area contributed by atoms with Gasteiger partial charge in [0.25, 0.3) is 5.91 Å². The van der Waals surface area contributed by atoms with Crippen molar-refractivity contribution in [2.24, 2.45) is 5.73 Å². The molecule has 0 saturated carbocycles. The number of carbonyl (C=O) groups is 1. The van der Waals surface area contributed by atoms with E-state index in [2.05, 4.69) is 9.97 Å². The van der Waals surface area contributed by atoms with Gasteiger partial charge in [0.1, 0.15) is 12.0 Å². The van der Waals surface area contributed by atoms with Crippen molar-refractivity contribution in [3.05, 3.63) is 42.7 Å². The van der Waals surface area contributed by atoms with Crippen LogP contribution in [0.15, 0.2) is 37.1 Å². The first kappa shape index (κ1) is 8.43. The van der Waals surface area contributed by atoms with E-state index >= 15 is 0 Å². The lowest BCUT2D eigenvalue weighted by atomic mass is 10.4. The van der Waals surface area contributed by atoms with Gasteiger partial charge in [-0.3, -0.25) is 9.78 Å². The smallest absolute Gasteiger partial charge is 0.268 e. The molecule has 2 aromatic heterocycles. The molecule has 0 aliphatic heterocycles. The maximum absolute atomic E-state index is 10.8. The number of primary amides is 1. The summed E-state index contributed by atoms with van der Waals surface area (Å²) in [5, 5.41) is 0. The zero-order valence-corrected chi connectivity index (χ0v) is 7.29. The molecule has 70 valence electrons. The highest BCUT2D eigenvalue weighted by Gasteiger charge is 2.04. The first-order chi connectivity index (χ1) is 6.77. The fourth-order valence-electron chi connectivity index (χ4n) is 1.10. The maximum atomic E-state index is 10.8. The van der Waals surface area contributed by atoms with Gasteiger partial charge in [-0.15, -0.1) is 0 Å². The third-order valence-corrected chi connectivity index (χ3v) is 1.78. The Bertz CT molecular complexity index is 449.